The summed E-state index contributed by atoms with van der Waals surface area (Å²) >= 11 is 1.92. The van der Waals surface area contributed by atoms with E-state index in [-0.39, 0.29) is 5.60 Å². The van der Waals surface area contributed by atoms with E-state index < -0.39 is 0 Å². The van der Waals surface area contributed by atoms with Gasteiger partial charge in [-0.25, -0.2) is 0 Å². The topological polar surface area (TPSA) is 44.5 Å². The first-order chi connectivity index (χ1) is 9.67. The van der Waals surface area contributed by atoms with Crippen LogP contribution in [0.3, 0.4) is 0 Å². The second kappa shape index (κ2) is 5.96. The zero-order valence-electron chi connectivity index (χ0n) is 12.1. The fourth-order valence-corrected chi connectivity index (χ4v) is 4.43. The van der Waals surface area contributed by atoms with Gasteiger partial charge in [-0.15, -0.1) is 11.8 Å². The van der Waals surface area contributed by atoms with Crippen LogP contribution in [0.2, 0.25) is 0 Å². The van der Waals surface area contributed by atoms with Gasteiger partial charge in [-0.2, -0.15) is 0 Å². The number of nitrogens with two attached hydrogens (primary N) is 1. The molecule has 110 valence electrons. The Morgan fingerprint density at radius 3 is 2.80 bits per heavy atom. The zero-order valence-corrected chi connectivity index (χ0v) is 12.9. The highest BCUT2D eigenvalue weighted by Crippen LogP contribution is 2.42. The number of thioether (sulfide) groups is 1. The van der Waals surface area contributed by atoms with E-state index in [1.54, 1.807) is 0 Å². The average molecular weight is 293 g/mol. The molecular formula is C16H23NO2S. The van der Waals surface area contributed by atoms with Gasteiger partial charge in [0.1, 0.15) is 0 Å². The van der Waals surface area contributed by atoms with E-state index in [0.29, 0.717) is 5.25 Å². The van der Waals surface area contributed by atoms with Crippen LogP contribution in [-0.4, -0.2) is 30.7 Å². The van der Waals surface area contributed by atoms with Crippen LogP contribution in [0.1, 0.15) is 31.2 Å². The number of nitrogen functional groups attached to an aromatic ring is 1. The van der Waals surface area contributed by atoms with E-state index in [2.05, 4.69) is 25.1 Å². The quantitative estimate of drug-likeness (QED) is 0.849. The molecule has 20 heavy (non-hydrogen) atoms. The number of rotatable bonds is 2. The Kier molecular flexibility index (Phi) is 4.24. The van der Waals surface area contributed by atoms with Crippen LogP contribution in [0.15, 0.2) is 23.1 Å². The minimum absolute atomic E-state index is 0.0631. The molecule has 0 aliphatic carbocycles. The number of benzene rings is 1. The molecule has 0 saturated carbocycles. The summed E-state index contributed by atoms with van der Waals surface area (Å²) in [5.41, 5.74) is 8.33. The summed E-state index contributed by atoms with van der Waals surface area (Å²) in [4.78, 5) is 1.21. The van der Waals surface area contributed by atoms with E-state index >= 15 is 0 Å². The smallest absolute Gasteiger partial charge is 0.0737 e. The van der Waals surface area contributed by atoms with Crippen molar-refractivity contribution in [3.8, 4) is 0 Å². The second-order valence-corrected chi connectivity index (χ2v) is 7.26. The van der Waals surface area contributed by atoms with Gasteiger partial charge in [0.15, 0.2) is 0 Å². The van der Waals surface area contributed by atoms with E-state index in [1.807, 2.05) is 11.8 Å². The lowest BCUT2D eigenvalue weighted by Crippen LogP contribution is -2.45. The molecular weight excluding hydrogens is 270 g/mol. The molecule has 2 heterocycles. The molecule has 3 nitrogen and oxygen atoms in total. The normalized spacial score (nSPS) is 25.8. The van der Waals surface area contributed by atoms with Crippen LogP contribution in [0.25, 0.3) is 0 Å². The summed E-state index contributed by atoms with van der Waals surface area (Å²) in [6.45, 7) is 4.62. The van der Waals surface area contributed by atoms with Crippen molar-refractivity contribution in [3.05, 3.63) is 23.8 Å². The Morgan fingerprint density at radius 1 is 1.25 bits per heavy atom. The molecule has 0 aromatic heterocycles. The molecule has 2 aliphatic heterocycles. The minimum Gasteiger partial charge on any atom is -0.398 e. The predicted octanol–water partition coefficient (Wildman–Crippen LogP) is 3.40. The Morgan fingerprint density at radius 2 is 2.05 bits per heavy atom. The van der Waals surface area contributed by atoms with Crippen molar-refractivity contribution in [2.75, 3.05) is 25.6 Å². The van der Waals surface area contributed by atoms with Crippen molar-refractivity contribution in [1.82, 2.24) is 0 Å². The molecule has 4 heteroatoms. The van der Waals surface area contributed by atoms with Crippen LogP contribution in [0.4, 0.5) is 5.69 Å². The van der Waals surface area contributed by atoms with Crippen LogP contribution in [-0.2, 0) is 9.47 Å². The van der Waals surface area contributed by atoms with Crippen molar-refractivity contribution in [2.45, 2.75) is 48.4 Å². The molecule has 2 saturated heterocycles. The Balaban J connectivity index is 1.68. The van der Waals surface area contributed by atoms with Gasteiger partial charge in [0.25, 0.3) is 0 Å². The number of aryl methyl sites for hydroxylation is 1. The van der Waals surface area contributed by atoms with Gasteiger partial charge in [-0.1, -0.05) is 6.07 Å². The molecule has 1 unspecified atom stereocenters. The molecule has 2 fully saturated rings. The van der Waals surface area contributed by atoms with Gasteiger partial charge in [-0.3, -0.25) is 0 Å². The summed E-state index contributed by atoms with van der Waals surface area (Å²) in [7, 11) is 0. The number of ether oxygens (including phenoxy) is 2. The fourth-order valence-electron chi connectivity index (χ4n) is 3.13. The van der Waals surface area contributed by atoms with Gasteiger partial charge < -0.3 is 15.2 Å². The summed E-state index contributed by atoms with van der Waals surface area (Å²) in [6.07, 6.45) is 4.30. The molecule has 1 aromatic carbocycles. The van der Waals surface area contributed by atoms with Crippen molar-refractivity contribution >= 4 is 17.4 Å². The Labute approximate surface area is 125 Å². The van der Waals surface area contributed by atoms with E-state index in [9.17, 15) is 0 Å². The van der Waals surface area contributed by atoms with Crippen LogP contribution in [0.5, 0.6) is 0 Å². The van der Waals surface area contributed by atoms with Gasteiger partial charge in [-0.05, 0) is 50.3 Å². The van der Waals surface area contributed by atoms with Gasteiger partial charge in [0.2, 0.25) is 0 Å². The van der Waals surface area contributed by atoms with Crippen molar-refractivity contribution in [2.24, 2.45) is 0 Å². The maximum absolute atomic E-state index is 6.14. The maximum atomic E-state index is 6.14. The van der Waals surface area contributed by atoms with Crippen LogP contribution in [0, 0.1) is 6.92 Å². The zero-order chi connectivity index (χ0) is 14.0. The lowest BCUT2D eigenvalue weighted by molar-refractivity contribution is -0.131. The first kappa shape index (κ1) is 14.2. The molecule has 1 spiro atoms. The molecule has 0 bridgehead atoms. The lowest BCUT2D eigenvalue weighted by Gasteiger charge is -2.43. The largest absolute Gasteiger partial charge is 0.398 e. The molecule has 2 aliphatic rings. The van der Waals surface area contributed by atoms with E-state index in [0.717, 1.165) is 51.2 Å². The lowest BCUT2D eigenvalue weighted by atomic mass is 9.86. The standard InChI is InChI=1S/C16H23NO2S/c1-12-2-3-15(14(17)10-12)20-13-4-7-19-16(11-13)5-8-18-9-6-16/h2-3,10,13H,4-9,11,17H2,1H3. The summed E-state index contributed by atoms with van der Waals surface area (Å²) in [5.74, 6) is 0. The third-order valence-corrected chi connectivity index (χ3v) is 5.67. The van der Waals surface area contributed by atoms with Crippen molar-refractivity contribution in [3.63, 3.8) is 0 Å². The maximum Gasteiger partial charge on any atom is 0.0737 e. The molecule has 1 atom stereocenters. The van der Waals surface area contributed by atoms with Gasteiger partial charge in [0, 0.05) is 35.7 Å². The minimum atomic E-state index is 0.0631. The van der Waals surface area contributed by atoms with E-state index in [4.69, 9.17) is 15.2 Å². The van der Waals surface area contributed by atoms with Gasteiger partial charge in [0.05, 0.1) is 5.60 Å². The number of anilines is 1. The SMILES string of the molecule is Cc1ccc(SC2CCOC3(CCOCC3)C2)c(N)c1. The molecule has 1 aromatic rings. The third-order valence-electron chi connectivity index (χ3n) is 4.31. The van der Waals surface area contributed by atoms with E-state index in [1.165, 1.54) is 10.5 Å². The third kappa shape index (κ3) is 3.13. The first-order valence-electron chi connectivity index (χ1n) is 7.41. The fraction of sp³-hybridized carbons (Fsp3) is 0.625. The first-order valence-corrected chi connectivity index (χ1v) is 8.29. The summed E-state index contributed by atoms with van der Waals surface area (Å²) < 4.78 is 11.6. The van der Waals surface area contributed by atoms with Crippen LogP contribution >= 0.6 is 11.8 Å². The highest BCUT2D eigenvalue weighted by atomic mass is 32.2. The second-order valence-electron chi connectivity index (χ2n) is 5.92. The Bertz CT molecular complexity index is 466. The monoisotopic (exact) mass is 293 g/mol. The molecule has 2 N–H and O–H groups in total. The number of hydrogen-bond acceptors (Lipinski definition) is 4. The predicted molar refractivity (Wildman–Crippen MR) is 83.2 cm³/mol. The highest BCUT2D eigenvalue weighted by Gasteiger charge is 2.39. The van der Waals surface area contributed by atoms with Crippen molar-refractivity contribution in [1.29, 1.82) is 0 Å². The number of hydrogen-bond donors (Lipinski definition) is 1. The molecule has 3 rings (SSSR count). The van der Waals surface area contributed by atoms with Gasteiger partial charge >= 0.3 is 0 Å². The molecule has 0 radical (unpaired) electrons. The average Bonchev–Trinajstić information content (AvgIpc) is 2.43. The highest BCUT2D eigenvalue weighted by molar-refractivity contribution is 8.00. The molecule has 0 amide bonds. The van der Waals surface area contributed by atoms with Crippen LogP contribution < -0.4 is 5.73 Å². The summed E-state index contributed by atoms with van der Waals surface area (Å²) in [5, 5.41) is 0.604. The summed E-state index contributed by atoms with van der Waals surface area (Å²) in [6, 6.07) is 6.36. The Hall–Kier alpha value is -0.710. The van der Waals surface area contributed by atoms with Crippen molar-refractivity contribution < 1.29 is 9.47 Å².